The van der Waals surface area contributed by atoms with Crippen molar-refractivity contribution in [3.05, 3.63) is 11.9 Å². The Bertz CT molecular complexity index is 323. The predicted molar refractivity (Wildman–Crippen MR) is 55.6 cm³/mol. The Labute approximate surface area is 87.3 Å². The molecular weight excluding hydrogens is 200 g/mol. The minimum atomic E-state index is -0.807. The molecule has 0 aliphatic rings. The number of hydrogen-bond donors (Lipinski definition) is 1. The summed E-state index contributed by atoms with van der Waals surface area (Å²) in [5.41, 5.74) is 1.08. The molecule has 0 saturated heterocycles. The molecule has 0 radical (unpaired) electrons. The fraction of sp³-hybridized carbons (Fsp3) is 0.556. The number of carboxylic acid groups (broad SMARTS) is 1. The lowest BCUT2D eigenvalue weighted by molar-refractivity contribution is -0.133. The Morgan fingerprint density at radius 1 is 1.71 bits per heavy atom. The molecule has 0 amide bonds. The van der Waals surface area contributed by atoms with Gasteiger partial charge in [0.05, 0.1) is 5.75 Å². The molecule has 4 nitrogen and oxygen atoms in total. The van der Waals surface area contributed by atoms with Crippen molar-refractivity contribution < 1.29 is 9.90 Å². The number of carbonyl (C=O) groups is 1. The van der Waals surface area contributed by atoms with Crippen LogP contribution in [0.25, 0.3) is 0 Å². The van der Waals surface area contributed by atoms with E-state index in [-0.39, 0.29) is 5.75 Å². The standard InChI is InChI=1S/C9H14N2O2S/c1-3-4-11-7(2)5-10-9(11)14-6-8(12)13/h5H,3-4,6H2,1-2H3,(H,12,13). The molecule has 0 fully saturated rings. The Morgan fingerprint density at radius 3 is 3.00 bits per heavy atom. The minimum absolute atomic E-state index is 0.0696. The number of carboxylic acids is 1. The van der Waals surface area contributed by atoms with E-state index in [0.717, 1.165) is 23.8 Å². The van der Waals surface area contributed by atoms with Gasteiger partial charge in [-0.15, -0.1) is 0 Å². The van der Waals surface area contributed by atoms with Gasteiger partial charge in [0.2, 0.25) is 0 Å². The third-order valence-corrected chi connectivity index (χ3v) is 2.77. The number of imidazole rings is 1. The monoisotopic (exact) mass is 214 g/mol. The zero-order valence-corrected chi connectivity index (χ0v) is 9.17. The molecule has 0 aromatic carbocycles. The highest BCUT2D eigenvalue weighted by Crippen LogP contribution is 2.18. The highest BCUT2D eigenvalue weighted by atomic mass is 32.2. The summed E-state index contributed by atoms with van der Waals surface area (Å²) in [5.74, 6) is -0.737. The molecule has 0 saturated carbocycles. The number of rotatable bonds is 5. The SMILES string of the molecule is CCCn1c(C)cnc1SCC(=O)O. The van der Waals surface area contributed by atoms with Crippen LogP contribution in [0.5, 0.6) is 0 Å². The number of hydrogen-bond acceptors (Lipinski definition) is 3. The van der Waals surface area contributed by atoms with Gasteiger partial charge in [0.1, 0.15) is 0 Å². The van der Waals surface area contributed by atoms with Crippen molar-refractivity contribution in [3.63, 3.8) is 0 Å². The molecule has 0 atom stereocenters. The Hall–Kier alpha value is -0.970. The molecule has 1 aromatic heterocycles. The van der Waals surface area contributed by atoms with Crippen LogP contribution in [-0.4, -0.2) is 26.4 Å². The fourth-order valence-electron chi connectivity index (χ4n) is 1.18. The van der Waals surface area contributed by atoms with E-state index in [2.05, 4.69) is 11.9 Å². The minimum Gasteiger partial charge on any atom is -0.481 e. The zero-order chi connectivity index (χ0) is 10.6. The molecule has 1 heterocycles. The van der Waals surface area contributed by atoms with Crippen LogP contribution >= 0.6 is 11.8 Å². The topological polar surface area (TPSA) is 55.1 Å². The van der Waals surface area contributed by atoms with E-state index in [1.807, 2.05) is 11.5 Å². The van der Waals surface area contributed by atoms with Gasteiger partial charge in [-0.25, -0.2) is 4.98 Å². The van der Waals surface area contributed by atoms with E-state index >= 15 is 0 Å². The summed E-state index contributed by atoms with van der Waals surface area (Å²) >= 11 is 1.27. The fourth-order valence-corrected chi connectivity index (χ4v) is 1.95. The normalized spacial score (nSPS) is 10.4. The Morgan fingerprint density at radius 2 is 2.43 bits per heavy atom. The largest absolute Gasteiger partial charge is 0.481 e. The van der Waals surface area contributed by atoms with Crippen molar-refractivity contribution in [3.8, 4) is 0 Å². The number of aromatic nitrogens is 2. The molecule has 1 aromatic rings. The number of nitrogens with zero attached hydrogens (tertiary/aromatic N) is 2. The molecule has 78 valence electrons. The summed E-state index contributed by atoms with van der Waals surface area (Å²) < 4.78 is 2.05. The maximum atomic E-state index is 10.4. The average Bonchev–Trinajstić information content (AvgIpc) is 2.46. The van der Waals surface area contributed by atoms with E-state index in [1.54, 1.807) is 6.20 Å². The van der Waals surface area contributed by atoms with E-state index in [1.165, 1.54) is 11.8 Å². The van der Waals surface area contributed by atoms with Gasteiger partial charge in [0.15, 0.2) is 5.16 Å². The summed E-state index contributed by atoms with van der Waals surface area (Å²) in [5, 5.41) is 9.34. The van der Waals surface area contributed by atoms with Gasteiger partial charge < -0.3 is 9.67 Å². The Kier molecular flexibility index (Phi) is 4.00. The van der Waals surface area contributed by atoms with Crippen molar-refractivity contribution in [2.75, 3.05) is 5.75 Å². The van der Waals surface area contributed by atoms with Gasteiger partial charge in [-0.3, -0.25) is 4.79 Å². The summed E-state index contributed by atoms with van der Waals surface area (Å²) in [6, 6.07) is 0. The van der Waals surface area contributed by atoms with Crippen LogP contribution in [0.2, 0.25) is 0 Å². The summed E-state index contributed by atoms with van der Waals surface area (Å²) in [6.07, 6.45) is 2.80. The first-order valence-electron chi connectivity index (χ1n) is 4.52. The van der Waals surface area contributed by atoms with Gasteiger partial charge >= 0.3 is 5.97 Å². The summed E-state index contributed by atoms with van der Waals surface area (Å²) in [4.78, 5) is 14.6. The quantitative estimate of drug-likeness (QED) is 0.759. The second-order valence-corrected chi connectivity index (χ2v) is 3.96. The molecule has 1 N–H and O–H groups in total. The second kappa shape index (κ2) is 5.05. The van der Waals surface area contributed by atoms with Crippen LogP contribution in [0.4, 0.5) is 0 Å². The van der Waals surface area contributed by atoms with E-state index in [4.69, 9.17) is 5.11 Å². The lowest BCUT2D eigenvalue weighted by Gasteiger charge is -2.06. The van der Waals surface area contributed by atoms with E-state index in [0.29, 0.717) is 0 Å². The lowest BCUT2D eigenvalue weighted by atomic mass is 10.4. The van der Waals surface area contributed by atoms with Crippen molar-refractivity contribution >= 4 is 17.7 Å². The first-order chi connectivity index (χ1) is 6.65. The number of aryl methyl sites for hydroxylation is 1. The first kappa shape index (κ1) is 11.1. The molecule has 1 rings (SSSR count). The molecule has 0 bridgehead atoms. The van der Waals surface area contributed by atoms with Crippen LogP contribution in [-0.2, 0) is 11.3 Å². The Balaban J connectivity index is 2.70. The maximum absolute atomic E-state index is 10.4. The molecule has 0 spiro atoms. The zero-order valence-electron chi connectivity index (χ0n) is 8.36. The first-order valence-corrected chi connectivity index (χ1v) is 5.50. The average molecular weight is 214 g/mol. The molecular formula is C9H14N2O2S. The third kappa shape index (κ3) is 2.77. The van der Waals surface area contributed by atoms with Gasteiger partial charge in [-0.1, -0.05) is 18.7 Å². The third-order valence-electron chi connectivity index (χ3n) is 1.79. The van der Waals surface area contributed by atoms with Crippen molar-refractivity contribution in [1.29, 1.82) is 0 Å². The smallest absolute Gasteiger partial charge is 0.313 e. The molecule has 0 aliphatic heterocycles. The van der Waals surface area contributed by atoms with Crippen LogP contribution < -0.4 is 0 Å². The lowest BCUT2D eigenvalue weighted by Crippen LogP contribution is -2.04. The second-order valence-electron chi connectivity index (χ2n) is 3.02. The summed E-state index contributed by atoms with van der Waals surface area (Å²) in [7, 11) is 0. The van der Waals surface area contributed by atoms with Gasteiger partial charge in [0, 0.05) is 18.4 Å². The van der Waals surface area contributed by atoms with Gasteiger partial charge in [-0.2, -0.15) is 0 Å². The number of aliphatic carboxylic acids is 1. The van der Waals surface area contributed by atoms with Crippen molar-refractivity contribution in [2.45, 2.75) is 32.0 Å². The van der Waals surface area contributed by atoms with E-state index < -0.39 is 5.97 Å². The van der Waals surface area contributed by atoms with Gasteiger partial charge in [0.25, 0.3) is 0 Å². The van der Waals surface area contributed by atoms with Crippen LogP contribution in [0.15, 0.2) is 11.4 Å². The van der Waals surface area contributed by atoms with Crippen molar-refractivity contribution in [1.82, 2.24) is 9.55 Å². The highest BCUT2D eigenvalue weighted by molar-refractivity contribution is 7.99. The summed E-state index contributed by atoms with van der Waals surface area (Å²) in [6.45, 7) is 4.96. The number of thioether (sulfide) groups is 1. The molecule has 0 unspecified atom stereocenters. The van der Waals surface area contributed by atoms with Gasteiger partial charge in [-0.05, 0) is 13.3 Å². The molecule has 14 heavy (non-hydrogen) atoms. The van der Waals surface area contributed by atoms with Crippen molar-refractivity contribution in [2.24, 2.45) is 0 Å². The highest BCUT2D eigenvalue weighted by Gasteiger charge is 2.08. The van der Waals surface area contributed by atoms with Crippen LogP contribution in [0.1, 0.15) is 19.0 Å². The molecule has 0 aliphatic carbocycles. The molecule has 5 heteroatoms. The van der Waals surface area contributed by atoms with Crippen LogP contribution in [0, 0.1) is 6.92 Å². The van der Waals surface area contributed by atoms with Crippen LogP contribution in [0.3, 0.4) is 0 Å². The van der Waals surface area contributed by atoms with E-state index in [9.17, 15) is 4.79 Å². The maximum Gasteiger partial charge on any atom is 0.313 e. The predicted octanol–water partition coefficient (Wildman–Crippen LogP) is 1.78.